The number of piperazine rings is 1. The van der Waals surface area contributed by atoms with E-state index in [1.54, 1.807) is 6.08 Å². The molecule has 0 spiro atoms. The fourth-order valence-electron chi connectivity index (χ4n) is 3.66. The fraction of sp³-hybridized carbons (Fsp3) is 0.222. The van der Waals surface area contributed by atoms with E-state index in [-0.39, 0.29) is 5.91 Å². The molecular formula is C27H28N2O2. The van der Waals surface area contributed by atoms with Gasteiger partial charge in [-0.2, -0.15) is 0 Å². The summed E-state index contributed by atoms with van der Waals surface area (Å²) in [6, 6.07) is 28.4. The molecule has 0 radical (unpaired) electrons. The summed E-state index contributed by atoms with van der Waals surface area (Å²) < 4.78 is 5.82. The zero-order chi connectivity index (χ0) is 21.3. The van der Waals surface area contributed by atoms with Crippen LogP contribution in [0.4, 0.5) is 0 Å². The van der Waals surface area contributed by atoms with E-state index in [2.05, 4.69) is 29.2 Å². The summed E-state index contributed by atoms with van der Waals surface area (Å²) in [5.74, 6) is 0.894. The molecule has 0 aromatic heterocycles. The number of benzene rings is 3. The summed E-state index contributed by atoms with van der Waals surface area (Å²) in [5, 5.41) is 0. The number of amides is 1. The van der Waals surface area contributed by atoms with Crippen molar-refractivity contribution in [1.82, 2.24) is 9.80 Å². The van der Waals surface area contributed by atoms with E-state index in [0.29, 0.717) is 6.61 Å². The van der Waals surface area contributed by atoms with Crippen molar-refractivity contribution < 1.29 is 9.53 Å². The van der Waals surface area contributed by atoms with Crippen LogP contribution in [0.2, 0.25) is 0 Å². The van der Waals surface area contributed by atoms with Gasteiger partial charge in [-0.1, -0.05) is 72.8 Å². The van der Waals surface area contributed by atoms with Gasteiger partial charge in [-0.15, -0.1) is 0 Å². The summed E-state index contributed by atoms with van der Waals surface area (Å²) in [7, 11) is 0. The SMILES string of the molecule is O=C(/C=C/c1ccc(OCc2ccccc2)cc1)N1CCN(Cc2ccccc2)CC1. The largest absolute Gasteiger partial charge is 0.489 e. The van der Waals surface area contributed by atoms with Gasteiger partial charge in [-0.05, 0) is 34.9 Å². The highest BCUT2D eigenvalue weighted by atomic mass is 16.5. The number of rotatable bonds is 7. The molecule has 0 unspecified atom stereocenters. The van der Waals surface area contributed by atoms with Gasteiger partial charge in [0, 0.05) is 38.8 Å². The lowest BCUT2D eigenvalue weighted by Crippen LogP contribution is -2.47. The molecule has 1 heterocycles. The standard InChI is InChI=1S/C27H28N2O2/c30-27(29-19-17-28(18-20-29)21-24-7-3-1-4-8-24)16-13-23-11-14-26(15-12-23)31-22-25-9-5-2-6-10-25/h1-16H,17-22H2/b16-13+. The van der Waals surface area contributed by atoms with E-state index in [1.165, 1.54) is 5.56 Å². The van der Waals surface area contributed by atoms with Crippen molar-refractivity contribution in [2.75, 3.05) is 26.2 Å². The summed E-state index contributed by atoms with van der Waals surface area (Å²) in [5.41, 5.74) is 3.45. The number of carbonyl (C=O) groups is 1. The van der Waals surface area contributed by atoms with E-state index in [0.717, 1.165) is 49.6 Å². The highest BCUT2D eigenvalue weighted by Crippen LogP contribution is 2.15. The molecule has 1 aliphatic rings. The van der Waals surface area contributed by atoms with E-state index in [1.807, 2.05) is 71.6 Å². The Morgan fingerprint density at radius 3 is 2.03 bits per heavy atom. The topological polar surface area (TPSA) is 32.8 Å². The quantitative estimate of drug-likeness (QED) is 0.531. The van der Waals surface area contributed by atoms with Gasteiger partial charge in [0.05, 0.1) is 0 Å². The molecule has 1 amide bonds. The van der Waals surface area contributed by atoms with Crippen LogP contribution in [0.3, 0.4) is 0 Å². The first kappa shape index (κ1) is 20.9. The van der Waals surface area contributed by atoms with Gasteiger partial charge in [-0.25, -0.2) is 0 Å². The Balaban J connectivity index is 1.22. The van der Waals surface area contributed by atoms with Crippen molar-refractivity contribution in [3.05, 3.63) is 108 Å². The van der Waals surface area contributed by atoms with Crippen molar-refractivity contribution in [1.29, 1.82) is 0 Å². The van der Waals surface area contributed by atoms with Crippen LogP contribution in [0.5, 0.6) is 5.75 Å². The highest BCUT2D eigenvalue weighted by Gasteiger charge is 2.19. The number of carbonyl (C=O) groups excluding carboxylic acids is 1. The van der Waals surface area contributed by atoms with E-state index < -0.39 is 0 Å². The van der Waals surface area contributed by atoms with Gasteiger partial charge in [0.1, 0.15) is 12.4 Å². The van der Waals surface area contributed by atoms with Crippen molar-refractivity contribution in [3.8, 4) is 5.75 Å². The molecular weight excluding hydrogens is 384 g/mol. The van der Waals surface area contributed by atoms with Crippen LogP contribution in [0, 0.1) is 0 Å². The molecule has 1 fully saturated rings. The zero-order valence-electron chi connectivity index (χ0n) is 17.7. The van der Waals surface area contributed by atoms with Crippen LogP contribution in [-0.2, 0) is 17.9 Å². The summed E-state index contributed by atoms with van der Waals surface area (Å²) in [6.45, 7) is 4.83. The monoisotopic (exact) mass is 412 g/mol. The van der Waals surface area contributed by atoms with Crippen molar-refractivity contribution >= 4 is 12.0 Å². The minimum Gasteiger partial charge on any atom is -0.489 e. The lowest BCUT2D eigenvalue weighted by atomic mass is 10.2. The third kappa shape index (κ3) is 6.30. The van der Waals surface area contributed by atoms with Gasteiger partial charge in [0.15, 0.2) is 0 Å². The van der Waals surface area contributed by atoms with Crippen molar-refractivity contribution in [2.45, 2.75) is 13.2 Å². The smallest absolute Gasteiger partial charge is 0.246 e. The van der Waals surface area contributed by atoms with E-state index in [4.69, 9.17) is 4.74 Å². The third-order valence-electron chi connectivity index (χ3n) is 5.48. The van der Waals surface area contributed by atoms with Crippen LogP contribution in [0.15, 0.2) is 91.0 Å². The minimum atomic E-state index is 0.0729. The fourth-order valence-corrected chi connectivity index (χ4v) is 3.66. The molecule has 3 aromatic rings. The molecule has 0 bridgehead atoms. The van der Waals surface area contributed by atoms with Crippen LogP contribution >= 0.6 is 0 Å². The lowest BCUT2D eigenvalue weighted by molar-refractivity contribution is -0.127. The van der Waals surface area contributed by atoms with Crippen molar-refractivity contribution in [2.24, 2.45) is 0 Å². The maximum absolute atomic E-state index is 12.6. The second-order valence-corrected chi connectivity index (χ2v) is 7.76. The molecule has 4 nitrogen and oxygen atoms in total. The van der Waals surface area contributed by atoms with Crippen LogP contribution in [0.25, 0.3) is 6.08 Å². The van der Waals surface area contributed by atoms with E-state index >= 15 is 0 Å². The Morgan fingerprint density at radius 2 is 1.39 bits per heavy atom. The van der Waals surface area contributed by atoms with Gasteiger partial charge in [0.2, 0.25) is 5.91 Å². The number of nitrogens with zero attached hydrogens (tertiary/aromatic N) is 2. The van der Waals surface area contributed by atoms with Gasteiger partial charge in [0.25, 0.3) is 0 Å². The number of hydrogen-bond acceptors (Lipinski definition) is 3. The molecule has 31 heavy (non-hydrogen) atoms. The number of hydrogen-bond donors (Lipinski definition) is 0. The van der Waals surface area contributed by atoms with Crippen LogP contribution < -0.4 is 4.74 Å². The zero-order valence-corrected chi connectivity index (χ0v) is 17.7. The number of ether oxygens (including phenoxy) is 1. The van der Waals surface area contributed by atoms with E-state index in [9.17, 15) is 4.79 Å². The van der Waals surface area contributed by atoms with Gasteiger partial charge >= 0.3 is 0 Å². The Labute approximate surface area is 184 Å². The average Bonchev–Trinajstić information content (AvgIpc) is 2.84. The molecule has 3 aromatic carbocycles. The molecule has 0 aliphatic carbocycles. The predicted molar refractivity (Wildman–Crippen MR) is 125 cm³/mol. The Hall–Kier alpha value is -3.37. The summed E-state index contributed by atoms with van der Waals surface area (Å²) >= 11 is 0. The summed E-state index contributed by atoms with van der Waals surface area (Å²) in [6.07, 6.45) is 3.55. The normalized spacial score (nSPS) is 14.6. The Kier molecular flexibility index (Phi) is 7.14. The molecule has 1 saturated heterocycles. The second kappa shape index (κ2) is 10.6. The maximum atomic E-state index is 12.6. The maximum Gasteiger partial charge on any atom is 0.246 e. The molecule has 0 saturated carbocycles. The first-order chi connectivity index (χ1) is 15.3. The highest BCUT2D eigenvalue weighted by molar-refractivity contribution is 5.91. The predicted octanol–water partition coefficient (Wildman–Crippen LogP) is 4.62. The van der Waals surface area contributed by atoms with Crippen molar-refractivity contribution in [3.63, 3.8) is 0 Å². The molecule has 0 N–H and O–H groups in total. The lowest BCUT2D eigenvalue weighted by Gasteiger charge is -2.34. The Morgan fingerprint density at radius 1 is 0.774 bits per heavy atom. The average molecular weight is 413 g/mol. The van der Waals surface area contributed by atoms with Crippen LogP contribution in [0.1, 0.15) is 16.7 Å². The molecule has 0 atom stereocenters. The molecule has 4 rings (SSSR count). The molecule has 158 valence electrons. The van der Waals surface area contributed by atoms with Crippen LogP contribution in [-0.4, -0.2) is 41.9 Å². The summed E-state index contributed by atoms with van der Waals surface area (Å²) in [4.78, 5) is 16.9. The first-order valence-corrected chi connectivity index (χ1v) is 10.8. The first-order valence-electron chi connectivity index (χ1n) is 10.8. The third-order valence-corrected chi connectivity index (χ3v) is 5.48. The van der Waals surface area contributed by atoms with Gasteiger partial charge in [-0.3, -0.25) is 9.69 Å². The molecule has 4 heteroatoms. The second-order valence-electron chi connectivity index (χ2n) is 7.76. The minimum absolute atomic E-state index is 0.0729. The molecule has 1 aliphatic heterocycles. The van der Waals surface area contributed by atoms with Gasteiger partial charge < -0.3 is 9.64 Å². The Bertz CT molecular complexity index is 977.